The highest BCUT2D eigenvalue weighted by molar-refractivity contribution is 5.71. The third-order valence-electron chi connectivity index (χ3n) is 3.74. The predicted octanol–water partition coefficient (Wildman–Crippen LogP) is 2.09. The summed E-state index contributed by atoms with van der Waals surface area (Å²) >= 11 is 0. The summed E-state index contributed by atoms with van der Waals surface area (Å²) in [6.07, 6.45) is 5.53. The Labute approximate surface area is 108 Å². The van der Waals surface area contributed by atoms with Crippen molar-refractivity contribution in [3.8, 4) is 0 Å². The van der Waals surface area contributed by atoms with Gasteiger partial charge in [-0.25, -0.2) is 9.97 Å². The Bertz CT molecular complexity index is 526. The van der Waals surface area contributed by atoms with Crippen LogP contribution in [0.25, 0.3) is 11.2 Å². The molecule has 1 aliphatic heterocycles. The van der Waals surface area contributed by atoms with E-state index in [-0.39, 0.29) is 0 Å². The Hall–Kier alpha value is -1.42. The molecule has 96 valence electrons. The molecular weight excluding hydrogens is 224 g/mol. The van der Waals surface area contributed by atoms with Crippen LogP contribution in [-0.2, 0) is 13.0 Å². The first-order valence-corrected chi connectivity index (χ1v) is 6.91. The minimum absolute atomic E-state index is 0.969. The van der Waals surface area contributed by atoms with E-state index in [1.165, 1.54) is 25.9 Å². The van der Waals surface area contributed by atoms with Gasteiger partial charge in [0, 0.05) is 25.7 Å². The molecule has 4 heteroatoms. The molecule has 0 atom stereocenters. The Morgan fingerprint density at radius 1 is 1.22 bits per heavy atom. The largest absolute Gasteiger partial charge is 0.311 e. The highest BCUT2D eigenvalue weighted by Crippen LogP contribution is 2.15. The molecule has 3 rings (SSSR count). The van der Waals surface area contributed by atoms with E-state index in [9.17, 15) is 0 Å². The van der Waals surface area contributed by atoms with Gasteiger partial charge in [0.2, 0.25) is 0 Å². The summed E-state index contributed by atoms with van der Waals surface area (Å²) in [4.78, 5) is 11.7. The first kappa shape index (κ1) is 11.7. The molecule has 0 N–H and O–H groups in total. The predicted molar refractivity (Wildman–Crippen MR) is 72.6 cm³/mol. The van der Waals surface area contributed by atoms with E-state index in [0.717, 1.165) is 36.5 Å². The molecule has 2 aromatic heterocycles. The number of rotatable bonds is 4. The lowest BCUT2D eigenvalue weighted by Gasteiger charge is -2.15. The van der Waals surface area contributed by atoms with Crippen molar-refractivity contribution in [1.82, 2.24) is 19.4 Å². The van der Waals surface area contributed by atoms with Gasteiger partial charge in [-0.3, -0.25) is 0 Å². The van der Waals surface area contributed by atoms with Gasteiger partial charge in [0.15, 0.2) is 5.65 Å². The van der Waals surface area contributed by atoms with Crippen LogP contribution in [0.2, 0.25) is 0 Å². The van der Waals surface area contributed by atoms with Crippen molar-refractivity contribution in [2.75, 3.05) is 19.6 Å². The summed E-state index contributed by atoms with van der Waals surface area (Å²) < 4.78 is 2.29. The minimum Gasteiger partial charge on any atom is -0.311 e. The lowest BCUT2D eigenvalue weighted by Crippen LogP contribution is -2.24. The molecule has 1 saturated heterocycles. The van der Waals surface area contributed by atoms with Crippen LogP contribution in [0.1, 0.15) is 25.6 Å². The maximum absolute atomic E-state index is 4.66. The number of pyridine rings is 1. The van der Waals surface area contributed by atoms with E-state index < -0.39 is 0 Å². The van der Waals surface area contributed by atoms with Crippen molar-refractivity contribution in [3.63, 3.8) is 0 Å². The highest BCUT2D eigenvalue weighted by Gasteiger charge is 2.14. The third kappa shape index (κ3) is 2.12. The van der Waals surface area contributed by atoms with Crippen LogP contribution in [0.15, 0.2) is 18.3 Å². The zero-order valence-corrected chi connectivity index (χ0v) is 11.0. The van der Waals surface area contributed by atoms with Crippen LogP contribution < -0.4 is 0 Å². The van der Waals surface area contributed by atoms with Gasteiger partial charge in [-0.15, -0.1) is 0 Å². The van der Waals surface area contributed by atoms with Crippen LogP contribution in [0.5, 0.6) is 0 Å². The average Bonchev–Trinajstić information content (AvgIpc) is 3.03. The molecule has 0 bridgehead atoms. The third-order valence-corrected chi connectivity index (χ3v) is 3.74. The number of hydrogen-bond acceptors (Lipinski definition) is 3. The van der Waals surface area contributed by atoms with Crippen molar-refractivity contribution < 1.29 is 0 Å². The molecule has 0 aromatic carbocycles. The summed E-state index contributed by atoms with van der Waals surface area (Å²) in [5.41, 5.74) is 2.06. The molecule has 0 amide bonds. The molecular formula is C14H20N4. The molecule has 4 nitrogen and oxygen atoms in total. The smallest absolute Gasteiger partial charge is 0.160 e. The summed E-state index contributed by atoms with van der Waals surface area (Å²) in [5, 5.41) is 0. The van der Waals surface area contributed by atoms with Gasteiger partial charge in [0.1, 0.15) is 11.3 Å². The fourth-order valence-corrected chi connectivity index (χ4v) is 2.76. The number of likely N-dealkylation sites (tertiary alicyclic amines) is 1. The van der Waals surface area contributed by atoms with Crippen molar-refractivity contribution >= 4 is 11.2 Å². The highest BCUT2D eigenvalue weighted by atomic mass is 15.2. The van der Waals surface area contributed by atoms with Crippen molar-refractivity contribution in [3.05, 3.63) is 24.2 Å². The maximum atomic E-state index is 4.66. The molecule has 1 aliphatic rings. The van der Waals surface area contributed by atoms with Crippen molar-refractivity contribution in [2.24, 2.45) is 0 Å². The van der Waals surface area contributed by atoms with Crippen LogP contribution in [0.3, 0.4) is 0 Å². The van der Waals surface area contributed by atoms with Crippen LogP contribution in [0.4, 0.5) is 0 Å². The minimum atomic E-state index is 0.969. The van der Waals surface area contributed by atoms with E-state index in [1.54, 1.807) is 0 Å². The van der Waals surface area contributed by atoms with Gasteiger partial charge in [0.05, 0.1) is 0 Å². The van der Waals surface area contributed by atoms with Gasteiger partial charge < -0.3 is 9.47 Å². The number of aromatic nitrogens is 3. The molecule has 0 saturated carbocycles. The standard InChI is InChI=1S/C14H20N4/c1-2-13-16-12-6-5-7-15-14(12)18(13)11-10-17-8-3-4-9-17/h5-7H,2-4,8-11H2,1H3. The zero-order chi connectivity index (χ0) is 12.4. The fraction of sp³-hybridized carbons (Fsp3) is 0.571. The quantitative estimate of drug-likeness (QED) is 0.826. The fourth-order valence-electron chi connectivity index (χ4n) is 2.76. The number of hydrogen-bond donors (Lipinski definition) is 0. The molecule has 0 aliphatic carbocycles. The lowest BCUT2D eigenvalue weighted by atomic mass is 10.4. The molecule has 0 spiro atoms. The molecule has 0 radical (unpaired) electrons. The Morgan fingerprint density at radius 2 is 2.06 bits per heavy atom. The monoisotopic (exact) mass is 244 g/mol. The van der Waals surface area contributed by atoms with Crippen LogP contribution in [-0.4, -0.2) is 39.1 Å². The Balaban J connectivity index is 1.84. The van der Waals surface area contributed by atoms with Crippen LogP contribution in [0, 0.1) is 0 Å². The summed E-state index contributed by atoms with van der Waals surface area (Å²) in [7, 11) is 0. The molecule has 2 aromatic rings. The van der Waals surface area contributed by atoms with Gasteiger partial charge in [0.25, 0.3) is 0 Å². The second-order valence-corrected chi connectivity index (χ2v) is 4.93. The van der Waals surface area contributed by atoms with E-state index in [2.05, 4.69) is 26.4 Å². The van der Waals surface area contributed by atoms with Gasteiger partial charge >= 0.3 is 0 Å². The van der Waals surface area contributed by atoms with E-state index in [0.29, 0.717) is 0 Å². The maximum Gasteiger partial charge on any atom is 0.160 e. The SMILES string of the molecule is CCc1nc2cccnc2n1CCN1CCCC1. The number of aryl methyl sites for hydroxylation is 1. The topological polar surface area (TPSA) is 34.0 Å². The van der Waals surface area contributed by atoms with Crippen molar-refractivity contribution in [1.29, 1.82) is 0 Å². The van der Waals surface area contributed by atoms with Crippen molar-refractivity contribution in [2.45, 2.75) is 32.7 Å². The molecule has 3 heterocycles. The Morgan fingerprint density at radius 3 is 2.83 bits per heavy atom. The summed E-state index contributed by atoms with van der Waals surface area (Å²) in [6.45, 7) is 6.79. The number of nitrogens with zero attached hydrogens (tertiary/aromatic N) is 4. The normalized spacial score (nSPS) is 16.7. The number of fused-ring (bicyclic) bond motifs is 1. The van der Waals surface area contributed by atoms with Gasteiger partial charge in [-0.05, 0) is 38.1 Å². The van der Waals surface area contributed by atoms with E-state index in [4.69, 9.17) is 0 Å². The number of imidazole rings is 1. The van der Waals surface area contributed by atoms with Gasteiger partial charge in [-0.2, -0.15) is 0 Å². The Kier molecular flexibility index (Phi) is 3.28. The summed E-state index contributed by atoms with van der Waals surface area (Å²) in [5.74, 6) is 1.16. The molecule has 1 fully saturated rings. The second kappa shape index (κ2) is 5.06. The molecule has 0 unspecified atom stereocenters. The lowest BCUT2D eigenvalue weighted by molar-refractivity contribution is 0.322. The van der Waals surface area contributed by atoms with Crippen LogP contribution >= 0.6 is 0 Å². The van der Waals surface area contributed by atoms with E-state index in [1.807, 2.05) is 18.3 Å². The second-order valence-electron chi connectivity index (χ2n) is 4.93. The van der Waals surface area contributed by atoms with Gasteiger partial charge in [-0.1, -0.05) is 6.92 Å². The van der Waals surface area contributed by atoms with E-state index >= 15 is 0 Å². The first-order valence-electron chi connectivity index (χ1n) is 6.91. The molecule has 18 heavy (non-hydrogen) atoms. The average molecular weight is 244 g/mol. The first-order chi connectivity index (χ1) is 8.88. The zero-order valence-electron chi connectivity index (χ0n) is 11.0. The summed E-state index contributed by atoms with van der Waals surface area (Å²) in [6, 6.07) is 4.01.